The van der Waals surface area contributed by atoms with Gasteiger partial charge in [-0.1, -0.05) is 60.8 Å². The van der Waals surface area contributed by atoms with E-state index >= 15 is 0 Å². The molecule has 0 unspecified atom stereocenters. The van der Waals surface area contributed by atoms with E-state index in [4.69, 9.17) is 4.74 Å². The van der Waals surface area contributed by atoms with E-state index in [1.54, 1.807) is 17.2 Å². The number of hydrogen-bond acceptors (Lipinski definition) is 5. The number of carbonyl (C=O) groups excluding carboxylic acids is 2. The first-order valence-corrected chi connectivity index (χ1v) is 9.75. The van der Waals surface area contributed by atoms with Crippen LogP contribution in [0.3, 0.4) is 0 Å². The van der Waals surface area contributed by atoms with Crippen LogP contribution in [-0.4, -0.2) is 45.5 Å². The molecule has 1 aliphatic rings. The molecular weight excluding hydrogens is 360 g/mol. The molecule has 2 heterocycles. The average Bonchev–Trinajstić information content (AvgIpc) is 3.09. The second kappa shape index (κ2) is 9.37. The summed E-state index contributed by atoms with van der Waals surface area (Å²) in [7, 11) is 0. The Balaban J connectivity index is 1.69. The van der Waals surface area contributed by atoms with Crippen LogP contribution >= 0.6 is 11.8 Å². The van der Waals surface area contributed by atoms with E-state index in [1.807, 2.05) is 48.5 Å². The van der Waals surface area contributed by atoms with Gasteiger partial charge in [0.05, 0.1) is 0 Å². The second-order valence-corrected chi connectivity index (χ2v) is 7.60. The van der Waals surface area contributed by atoms with Crippen molar-refractivity contribution in [2.24, 2.45) is 0 Å². The standard InChI is InChI=1S/C21H22N2O3S/c1-2-12-26-21(25)23-15-19(27-20(24)16-8-4-3-5-9-16)14-18(23)13-17-10-6-7-11-22-17/h2-11,18-19H,1,12-15H2/t18-,19+/m0/s1. The van der Waals surface area contributed by atoms with Crippen molar-refractivity contribution in [3.8, 4) is 0 Å². The highest BCUT2D eigenvalue weighted by Crippen LogP contribution is 2.31. The second-order valence-electron chi connectivity index (χ2n) is 6.33. The number of thioether (sulfide) groups is 1. The number of aromatic nitrogens is 1. The normalized spacial score (nSPS) is 18.9. The Labute approximate surface area is 163 Å². The Bertz CT molecular complexity index is 783. The highest BCUT2D eigenvalue weighted by Gasteiger charge is 2.37. The lowest BCUT2D eigenvalue weighted by molar-refractivity contribution is 0.107. The van der Waals surface area contributed by atoms with Crippen LogP contribution in [0.4, 0.5) is 4.79 Å². The lowest BCUT2D eigenvalue weighted by Crippen LogP contribution is -2.37. The van der Waals surface area contributed by atoms with Crippen LogP contribution < -0.4 is 0 Å². The highest BCUT2D eigenvalue weighted by molar-refractivity contribution is 8.14. The first-order valence-electron chi connectivity index (χ1n) is 8.87. The minimum absolute atomic E-state index is 0.0264. The predicted octanol–water partition coefficient (Wildman–Crippen LogP) is 3.96. The van der Waals surface area contributed by atoms with Crippen LogP contribution in [0.2, 0.25) is 0 Å². The van der Waals surface area contributed by atoms with Crippen LogP contribution in [-0.2, 0) is 11.2 Å². The first-order chi connectivity index (χ1) is 13.2. The molecule has 140 valence electrons. The summed E-state index contributed by atoms with van der Waals surface area (Å²) in [5.41, 5.74) is 1.60. The Morgan fingerprint density at radius 2 is 2.00 bits per heavy atom. The van der Waals surface area contributed by atoms with Gasteiger partial charge in [-0.15, -0.1) is 0 Å². The summed E-state index contributed by atoms with van der Waals surface area (Å²) < 4.78 is 5.24. The van der Waals surface area contributed by atoms with E-state index in [9.17, 15) is 9.59 Å². The van der Waals surface area contributed by atoms with Gasteiger partial charge in [0.25, 0.3) is 0 Å². The monoisotopic (exact) mass is 382 g/mol. The molecule has 1 aliphatic heterocycles. The number of pyridine rings is 1. The van der Waals surface area contributed by atoms with Crippen LogP contribution in [0, 0.1) is 0 Å². The van der Waals surface area contributed by atoms with Gasteiger partial charge >= 0.3 is 6.09 Å². The lowest BCUT2D eigenvalue weighted by atomic mass is 10.1. The third-order valence-electron chi connectivity index (χ3n) is 4.39. The van der Waals surface area contributed by atoms with Gasteiger partial charge in [0.2, 0.25) is 5.12 Å². The van der Waals surface area contributed by atoms with Crippen LogP contribution in [0.5, 0.6) is 0 Å². The molecule has 0 radical (unpaired) electrons. The number of ether oxygens (including phenoxy) is 1. The molecule has 0 N–H and O–H groups in total. The van der Waals surface area contributed by atoms with Crippen LogP contribution in [0.25, 0.3) is 0 Å². The zero-order chi connectivity index (χ0) is 19.1. The summed E-state index contributed by atoms with van der Waals surface area (Å²) >= 11 is 1.29. The largest absolute Gasteiger partial charge is 0.445 e. The fourth-order valence-corrected chi connectivity index (χ4v) is 4.27. The van der Waals surface area contributed by atoms with Crippen LogP contribution in [0.1, 0.15) is 22.5 Å². The maximum atomic E-state index is 12.5. The molecule has 6 heteroatoms. The molecule has 2 atom stereocenters. The Kier molecular flexibility index (Phi) is 6.65. The van der Waals surface area contributed by atoms with Gasteiger partial charge in [-0.3, -0.25) is 9.78 Å². The molecular formula is C21H22N2O3S. The molecule has 1 amide bonds. The number of hydrogen-bond donors (Lipinski definition) is 0. The van der Waals surface area contributed by atoms with E-state index in [0.717, 1.165) is 12.1 Å². The predicted molar refractivity (Wildman–Crippen MR) is 107 cm³/mol. The first kappa shape index (κ1) is 19.2. The Morgan fingerprint density at radius 1 is 1.22 bits per heavy atom. The van der Waals surface area contributed by atoms with E-state index < -0.39 is 0 Å². The van der Waals surface area contributed by atoms with Crippen molar-refractivity contribution in [3.63, 3.8) is 0 Å². The summed E-state index contributed by atoms with van der Waals surface area (Å²) in [4.78, 5) is 31.0. The van der Waals surface area contributed by atoms with Crippen molar-refractivity contribution < 1.29 is 14.3 Å². The summed E-state index contributed by atoms with van der Waals surface area (Å²) in [6.45, 7) is 4.24. The average molecular weight is 382 g/mol. The molecule has 1 aromatic heterocycles. The van der Waals surface area contributed by atoms with Crippen molar-refractivity contribution in [2.75, 3.05) is 13.2 Å². The molecule has 0 bridgehead atoms. The summed E-state index contributed by atoms with van der Waals surface area (Å²) in [5.74, 6) is 0. The van der Waals surface area contributed by atoms with E-state index in [0.29, 0.717) is 18.5 Å². The van der Waals surface area contributed by atoms with Gasteiger partial charge in [0, 0.05) is 41.7 Å². The number of likely N-dealkylation sites (tertiary alicyclic amines) is 1. The maximum Gasteiger partial charge on any atom is 0.410 e. The highest BCUT2D eigenvalue weighted by atomic mass is 32.2. The third-order valence-corrected chi connectivity index (χ3v) is 5.51. The van der Waals surface area contributed by atoms with Crippen molar-refractivity contribution in [2.45, 2.75) is 24.1 Å². The van der Waals surface area contributed by atoms with Crippen molar-refractivity contribution in [3.05, 3.63) is 78.6 Å². The molecule has 2 aromatic rings. The number of carbonyl (C=O) groups is 2. The van der Waals surface area contributed by atoms with Gasteiger partial charge in [-0.05, 0) is 18.6 Å². The van der Waals surface area contributed by atoms with Crippen LogP contribution in [0.15, 0.2) is 67.4 Å². The Morgan fingerprint density at radius 3 is 2.70 bits per heavy atom. The van der Waals surface area contributed by atoms with Gasteiger partial charge in [0.1, 0.15) is 6.61 Å². The molecule has 27 heavy (non-hydrogen) atoms. The van der Waals surface area contributed by atoms with Crippen molar-refractivity contribution in [1.82, 2.24) is 9.88 Å². The van der Waals surface area contributed by atoms with Crippen molar-refractivity contribution in [1.29, 1.82) is 0 Å². The van der Waals surface area contributed by atoms with Crippen molar-refractivity contribution >= 4 is 23.0 Å². The zero-order valence-corrected chi connectivity index (χ0v) is 15.8. The van der Waals surface area contributed by atoms with Gasteiger partial charge in [0.15, 0.2) is 0 Å². The number of amides is 1. The van der Waals surface area contributed by atoms with Gasteiger partial charge < -0.3 is 9.64 Å². The summed E-state index contributed by atoms with van der Waals surface area (Å²) in [6, 6.07) is 14.9. The number of benzene rings is 1. The summed E-state index contributed by atoms with van der Waals surface area (Å²) in [6.07, 6.45) is 4.29. The topological polar surface area (TPSA) is 59.5 Å². The molecule has 3 rings (SSSR count). The Hall–Kier alpha value is -2.60. The molecule has 0 saturated carbocycles. The van der Waals surface area contributed by atoms with Gasteiger partial charge in [-0.25, -0.2) is 4.79 Å². The van der Waals surface area contributed by atoms with E-state index in [2.05, 4.69) is 11.6 Å². The van der Waals surface area contributed by atoms with E-state index in [-0.39, 0.29) is 29.1 Å². The molecule has 0 aliphatic carbocycles. The molecule has 0 spiro atoms. The van der Waals surface area contributed by atoms with Gasteiger partial charge in [-0.2, -0.15) is 0 Å². The molecule has 5 nitrogen and oxygen atoms in total. The molecule has 1 aromatic carbocycles. The molecule has 1 saturated heterocycles. The SMILES string of the molecule is C=CCOC(=O)N1C[C@H](SC(=O)c2ccccc2)C[C@@H]1Cc1ccccn1. The quantitative estimate of drug-likeness (QED) is 0.708. The fraction of sp³-hybridized carbons (Fsp3) is 0.286. The number of nitrogens with zero attached hydrogens (tertiary/aromatic N) is 2. The maximum absolute atomic E-state index is 12.5. The third kappa shape index (κ3) is 5.20. The number of rotatable bonds is 6. The minimum Gasteiger partial charge on any atom is -0.445 e. The zero-order valence-electron chi connectivity index (χ0n) is 15.0. The summed E-state index contributed by atoms with van der Waals surface area (Å²) in [5, 5.41) is 0.0567. The minimum atomic E-state index is -0.369. The van der Waals surface area contributed by atoms with E-state index in [1.165, 1.54) is 11.8 Å². The molecule has 1 fully saturated rings. The smallest absolute Gasteiger partial charge is 0.410 e. The lowest BCUT2D eigenvalue weighted by Gasteiger charge is -2.23. The fourth-order valence-electron chi connectivity index (χ4n) is 3.14.